The highest BCUT2D eigenvalue weighted by Crippen LogP contribution is 2.31. The Labute approximate surface area is 166 Å². The second kappa shape index (κ2) is 8.65. The van der Waals surface area contributed by atoms with E-state index in [0.717, 1.165) is 62.6 Å². The fourth-order valence-corrected chi connectivity index (χ4v) is 4.06. The Morgan fingerprint density at radius 2 is 1.96 bits per heavy atom. The molecule has 1 fully saturated rings. The van der Waals surface area contributed by atoms with Crippen LogP contribution >= 0.6 is 0 Å². The van der Waals surface area contributed by atoms with Gasteiger partial charge in [-0.15, -0.1) is 0 Å². The summed E-state index contributed by atoms with van der Waals surface area (Å²) in [6, 6.07) is 16.1. The third kappa shape index (κ3) is 4.30. The van der Waals surface area contributed by atoms with Crippen molar-refractivity contribution in [2.45, 2.75) is 25.3 Å². The lowest BCUT2D eigenvalue weighted by atomic mass is 9.95. The molecule has 0 aromatic heterocycles. The summed E-state index contributed by atoms with van der Waals surface area (Å²) in [5.74, 6) is 2.41. The van der Waals surface area contributed by atoms with Gasteiger partial charge in [0.1, 0.15) is 11.5 Å². The molecular weight excluding hydrogens is 352 g/mol. The minimum Gasteiger partial charge on any atom is -0.497 e. The van der Waals surface area contributed by atoms with Crippen LogP contribution in [0.25, 0.3) is 0 Å². The van der Waals surface area contributed by atoms with Crippen molar-refractivity contribution in [3.63, 3.8) is 0 Å². The van der Waals surface area contributed by atoms with Gasteiger partial charge in [0.2, 0.25) is 0 Å². The summed E-state index contributed by atoms with van der Waals surface area (Å²) < 4.78 is 11.2. The molecule has 2 heterocycles. The van der Waals surface area contributed by atoms with Crippen molar-refractivity contribution in [2.24, 2.45) is 5.92 Å². The highest BCUT2D eigenvalue weighted by atomic mass is 16.5. The van der Waals surface area contributed by atoms with E-state index in [4.69, 9.17) is 9.47 Å². The number of piperidine rings is 1. The van der Waals surface area contributed by atoms with Crippen molar-refractivity contribution < 1.29 is 14.3 Å². The summed E-state index contributed by atoms with van der Waals surface area (Å²) in [6.45, 7) is 3.31. The first-order valence-corrected chi connectivity index (χ1v) is 10.1. The number of hydrogen-bond acceptors (Lipinski definition) is 4. The van der Waals surface area contributed by atoms with E-state index in [1.807, 2.05) is 47.4 Å². The van der Waals surface area contributed by atoms with Crippen molar-refractivity contribution >= 4 is 5.91 Å². The largest absolute Gasteiger partial charge is 0.497 e. The van der Waals surface area contributed by atoms with E-state index in [0.29, 0.717) is 12.0 Å². The average Bonchev–Trinajstić information content (AvgIpc) is 2.77. The standard InChI is InChI=1S/C23H28N2O3/c1-27-21-8-7-19-13-17(16-28-22(19)14-21)15-24-20-9-11-25(12-10-20)23(26)18-5-3-2-4-6-18/h2-8,14,17,20,24H,9-13,15-16H2,1H3/t17-/m1/s1. The maximum atomic E-state index is 12.6. The van der Waals surface area contributed by atoms with E-state index in [-0.39, 0.29) is 5.91 Å². The predicted molar refractivity (Wildman–Crippen MR) is 109 cm³/mol. The Kier molecular flexibility index (Phi) is 5.81. The van der Waals surface area contributed by atoms with Crippen molar-refractivity contribution in [3.05, 3.63) is 59.7 Å². The van der Waals surface area contributed by atoms with Crippen LogP contribution in [0.4, 0.5) is 0 Å². The van der Waals surface area contributed by atoms with Crippen molar-refractivity contribution in [2.75, 3.05) is 33.4 Å². The summed E-state index contributed by atoms with van der Waals surface area (Å²) in [7, 11) is 1.68. The Morgan fingerprint density at radius 3 is 2.71 bits per heavy atom. The molecule has 28 heavy (non-hydrogen) atoms. The van der Waals surface area contributed by atoms with Crippen LogP contribution in [0.1, 0.15) is 28.8 Å². The van der Waals surface area contributed by atoms with Crippen LogP contribution in [0.2, 0.25) is 0 Å². The predicted octanol–water partition coefficient (Wildman–Crippen LogP) is 3.14. The van der Waals surface area contributed by atoms with Gasteiger partial charge in [0.15, 0.2) is 0 Å². The van der Waals surface area contributed by atoms with Crippen LogP contribution in [-0.2, 0) is 6.42 Å². The molecule has 148 valence electrons. The van der Waals surface area contributed by atoms with E-state index in [1.165, 1.54) is 5.56 Å². The minimum atomic E-state index is 0.145. The first-order valence-electron chi connectivity index (χ1n) is 10.1. The first kappa shape index (κ1) is 18.8. The molecule has 1 atom stereocenters. The van der Waals surface area contributed by atoms with Gasteiger partial charge < -0.3 is 19.7 Å². The minimum absolute atomic E-state index is 0.145. The summed E-state index contributed by atoms with van der Waals surface area (Å²) in [5.41, 5.74) is 2.03. The summed E-state index contributed by atoms with van der Waals surface area (Å²) in [6.07, 6.45) is 3.03. The molecule has 4 rings (SSSR count). The average molecular weight is 380 g/mol. The summed E-state index contributed by atoms with van der Waals surface area (Å²) >= 11 is 0. The number of nitrogens with one attached hydrogen (secondary N) is 1. The van der Waals surface area contributed by atoms with E-state index in [9.17, 15) is 4.79 Å². The SMILES string of the molecule is COc1ccc2c(c1)OC[C@@H](CNC1CCN(C(=O)c3ccccc3)CC1)C2. The number of carbonyl (C=O) groups excluding carboxylic acids is 1. The van der Waals surface area contributed by atoms with Crippen LogP contribution < -0.4 is 14.8 Å². The van der Waals surface area contributed by atoms with Gasteiger partial charge in [-0.3, -0.25) is 4.79 Å². The quantitative estimate of drug-likeness (QED) is 0.866. The number of ether oxygens (including phenoxy) is 2. The highest BCUT2D eigenvalue weighted by molar-refractivity contribution is 5.94. The van der Waals surface area contributed by atoms with Crippen LogP contribution in [-0.4, -0.2) is 50.2 Å². The van der Waals surface area contributed by atoms with Gasteiger partial charge >= 0.3 is 0 Å². The molecule has 5 heteroatoms. The third-order valence-electron chi connectivity index (χ3n) is 5.76. The smallest absolute Gasteiger partial charge is 0.253 e. The Hall–Kier alpha value is -2.53. The van der Waals surface area contributed by atoms with Crippen LogP contribution in [0, 0.1) is 5.92 Å². The first-order chi connectivity index (χ1) is 13.7. The second-order valence-electron chi connectivity index (χ2n) is 7.70. The summed E-state index contributed by atoms with van der Waals surface area (Å²) in [4.78, 5) is 14.5. The zero-order valence-corrected chi connectivity index (χ0v) is 16.4. The Balaban J connectivity index is 1.23. The maximum Gasteiger partial charge on any atom is 0.253 e. The maximum absolute atomic E-state index is 12.6. The van der Waals surface area contributed by atoms with Gasteiger partial charge in [-0.05, 0) is 43.0 Å². The molecule has 0 saturated carbocycles. The Bertz CT molecular complexity index is 801. The number of benzene rings is 2. The van der Waals surface area contributed by atoms with Gasteiger partial charge in [0.05, 0.1) is 13.7 Å². The third-order valence-corrected chi connectivity index (χ3v) is 5.76. The van der Waals surface area contributed by atoms with Crippen LogP contribution in [0.5, 0.6) is 11.5 Å². The highest BCUT2D eigenvalue weighted by Gasteiger charge is 2.25. The summed E-state index contributed by atoms with van der Waals surface area (Å²) in [5, 5.41) is 3.70. The molecule has 2 aromatic carbocycles. The Morgan fingerprint density at radius 1 is 1.18 bits per heavy atom. The number of amides is 1. The normalized spacial score (nSPS) is 19.6. The molecule has 0 bridgehead atoms. The number of hydrogen-bond donors (Lipinski definition) is 1. The van der Waals surface area contributed by atoms with Crippen LogP contribution in [0.15, 0.2) is 48.5 Å². The monoisotopic (exact) mass is 380 g/mol. The fraction of sp³-hybridized carbons (Fsp3) is 0.435. The molecule has 1 N–H and O–H groups in total. The van der Waals surface area contributed by atoms with Crippen molar-refractivity contribution in [1.82, 2.24) is 10.2 Å². The van der Waals surface area contributed by atoms with Gasteiger partial charge in [0, 0.05) is 43.2 Å². The molecule has 0 unspecified atom stereocenters. The fourth-order valence-electron chi connectivity index (χ4n) is 4.06. The van der Waals surface area contributed by atoms with Crippen molar-refractivity contribution in [1.29, 1.82) is 0 Å². The lowest BCUT2D eigenvalue weighted by molar-refractivity contribution is 0.0702. The molecule has 0 aliphatic carbocycles. The number of likely N-dealkylation sites (tertiary alicyclic amines) is 1. The van der Waals surface area contributed by atoms with Crippen molar-refractivity contribution in [3.8, 4) is 11.5 Å². The molecule has 2 aliphatic heterocycles. The van der Waals surface area contributed by atoms with Gasteiger partial charge in [0.25, 0.3) is 5.91 Å². The molecule has 1 amide bonds. The lowest BCUT2D eigenvalue weighted by Gasteiger charge is -2.34. The molecular formula is C23H28N2O3. The molecule has 2 aromatic rings. The zero-order chi connectivity index (χ0) is 19.3. The molecule has 0 spiro atoms. The number of nitrogens with zero attached hydrogens (tertiary/aromatic N) is 1. The van der Waals surface area contributed by atoms with Crippen LogP contribution in [0.3, 0.4) is 0 Å². The molecule has 2 aliphatic rings. The number of carbonyl (C=O) groups is 1. The molecule has 5 nitrogen and oxygen atoms in total. The van der Waals surface area contributed by atoms with E-state index in [2.05, 4.69) is 11.4 Å². The molecule has 1 saturated heterocycles. The van der Waals surface area contributed by atoms with E-state index in [1.54, 1.807) is 7.11 Å². The topological polar surface area (TPSA) is 50.8 Å². The molecule has 0 radical (unpaired) electrons. The van der Waals surface area contributed by atoms with E-state index >= 15 is 0 Å². The van der Waals surface area contributed by atoms with Gasteiger partial charge in [-0.1, -0.05) is 24.3 Å². The van der Waals surface area contributed by atoms with Gasteiger partial charge in [-0.2, -0.15) is 0 Å². The van der Waals surface area contributed by atoms with E-state index < -0.39 is 0 Å². The zero-order valence-electron chi connectivity index (χ0n) is 16.4. The lowest BCUT2D eigenvalue weighted by Crippen LogP contribution is -2.46. The van der Waals surface area contributed by atoms with Gasteiger partial charge in [-0.25, -0.2) is 0 Å². The number of methoxy groups -OCH3 is 1. The second-order valence-corrected chi connectivity index (χ2v) is 7.70. The number of fused-ring (bicyclic) bond motifs is 1. The number of rotatable bonds is 5.